The molecule has 0 bridgehead atoms. The van der Waals surface area contributed by atoms with Gasteiger partial charge in [-0.15, -0.1) is 0 Å². The summed E-state index contributed by atoms with van der Waals surface area (Å²) in [5.41, 5.74) is 0.742. The highest BCUT2D eigenvalue weighted by atomic mass is 79.9. The van der Waals surface area contributed by atoms with Crippen molar-refractivity contribution in [2.75, 3.05) is 11.9 Å². The molecule has 0 unspecified atom stereocenters. The van der Waals surface area contributed by atoms with Crippen LogP contribution in [0.5, 0.6) is 0 Å². The molecule has 0 saturated carbocycles. The van der Waals surface area contributed by atoms with Gasteiger partial charge in [0.1, 0.15) is 17.3 Å². The molecular formula is C15H14BrFN4O2. The number of H-pyrrole nitrogens is 1. The molecule has 0 radical (unpaired) electrons. The third-order valence-electron chi connectivity index (χ3n) is 2.90. The van der Waals surface area contributed by atoms with Crippen LogP contribution in [-0.4, -0.2) is 28.4 Å². The number of hydrogen-bond acceptors (Lipinski definition) is 4. The lowest BCUT2D eigenvalue weighted by atomic mass is 10.1. The van der Waals surface area contributed by atoms with E-state index in [9.17, 15) is 14.0 Å². The topological polar surface area (TPSA) is 86.9 Å². The predicted octanol–water partition coefficient (Wildman–Crippen LogP) is 2.71. The first-order valence-corrected chi connectivity index (χ1v) is 7.41. The molecule has 0 saturated heterocycles. The standard InChI is InChI=1S/C15H14BrFN4O2/c1-8(22)7-18-15(23)13-12(16)14(21-20-13)19-9(2)10-5-3-4-6-11(10)17/h3-6H,2,7H2,1H3,(H,18,23)(H2,19,20,21). The Hall–Kier alpha value is -2.48. The van der Waals surface area contributed by atoms with Crippen LogP contribution in [0.2, 0.25) is 0 Å². The monoisotopic (exact) mass is 380 g/mol. The molecule has 1 heterocycles. The Morgan fingerprint density at radius 3 is 2.74 bits per heavy atom. The normalized spacial score (nSPS) is 10.2. The molecule has 0 aliphatic rings. The number of amides is 1. The minimum absolute atomic E-state index is 0.0744. The van der Waals surface area contributed by atoms with Crippen LogP contribution in [0.4, 0.5) is 10.2 Å². The van der Waals surface area contributed by atoms with Crippen molar-refractivity contribution < 1.29 is 14.0 Å². The number of carbonyl (C=O) groups excluding carboxylic acids is 2. The predicted molar refractivity (Wildman–Crippen MR) is 88.4 cm³/mol. The molecule has 0 aliphatic carbocycles. The maximum atomic E-state index is 13.7. The molecule has 0 aliphatic heterocycles. The van der Waals surface area contributed by atoms with Gasteiger partial charge in [-0.3, -0.25) is 14.7 Å². The van der Waals surface area contributed by atoms with Crippen LogP contribution in [0, 0.1) is 5.82 Å². The van der Waals surface area contributed by atoms with E-state index < -0.39 is 11.7 Å². The van der Waals surface area contributed by atoms with E-state index in [0.29, 0.717) is 15.7 Å². The molecule has 0 spiro atoms. The van der Waals surface area contributed by atoms with E-state index in [4.69, 9.17) is 0 Å². The second-order valence-corrected chi connectivity index (χ2v) is 5.52. The highest BCUT2D eigenvalue weighted by molar-refractivity contribution is 9.10. The van der Waals surface area contributed by atoms with E-state index in [1.807, 2.05) is 0 Å². The summed E-state index contributed by atoms with van der Waals surface area (Å²) in [4.78, 5) is 22.8. The molecule has 1 amide bonds. The van der Waals surface area contributed by atoms with E-state index in [1.54, 1.807) is 18.2 Å². The van der Waals surface area contributed by atoms with Crippen molar-refractivity contribution in [2.45, 2.75) is 6.92 Å². The molecular weight excluding hydrogens is 367 g/mol. The quantitative estimate of drug-likeness (QED) is 0.718. The van der Waals surface area contributed by atoms with Gasteiger partial charge in [-0.2, -0.15) is 5.10 Å². The number of aromatic nitrogens is 2. The number of hydrogen-bond donors (Lipinski definition) is 3. The Bertz CT molecular complexity index is 773. The van der Waals surface area contributed by atoms with Gasteiger partial charge in [-0.25, -0.2) is 4.39 Å². The second kappa shape index (κ2) is 7.19. The fourth-order valence-corrected chi connectivity index (χ4v) is 2.23. The Balaban J connectivity index is 2.13. The first-order chi connectivity index (χ1) is 10.9. The van der Waals surface area contributed by atoms with Crippen molar-refractivity contribution in [3.63, 3.8) is 0 Å². The van der Waals surface area contributed by atoms with Crippen LogP contribution in [0.3, 0.4) is 0 Å². The Kier molecular flexibility index (Phi) is 5.28. The second-order valence-electron chi connectivity index (χ2n) is 4.73. The smallest absolute Gasteiger partial charge is 0.270 e. The lowest BCUT2D eigenvalue weighted by Crippen LogP contribution is -2.28. The van der Waals surface area contributed by atoms with E-state index in [-0.39, 0.29) is 23.8 Å². The van der Waals surface area contributed by atoms with Gasteiger partial charge in [0.05, 0.1) is 11.0 Å². The maximum Gasteiger partial charge on any atom is 0.270 e. The zero-order valence-electron chi connectivity index (χ0n) is 12.2. The van der Waals surface area contributed by atoms with Gasteiger partial charge < -0.3 is 10.6 Å². The van der Waals surface area contributed by atoms with Crippen LogP contribution in [0.25, 0.3) is 5.70 Å². The van der Waals surface area contributed by atoms with Gasteiger partial charge in [-0.05, 0) is 35.0 Å². The summed E-state index contributed by atoms with van der Waals surface area (Å²) in [5.74, 6) is -0.785. The highest BCUT2D eigenvalue weighted by Gasteiger charge is 2.18. The van der Waals surface area contributed by atoms with Gasteiger partial charge in [0, 0.05) is 11.3 Å². The number of halogens is 2. The number of nitrogens with zero attached hydrogens (tertiary/aromatic N) is 1. The van der Waals surface area contributed by atoms with Crippen molar-refractivity contribution in [1.82, 2.24) is 15.5 Å². The Morgan fingerprint density at radius 2 is 2.09 bits per heavy atom. The number of anilines is 1. The summed E-state index contributed by atoms with van der Waals surface area (Å²) >= 11 is 3.24. The number of rotatable bonds is 6. The molecule has 120 valence electrons. The van der Waals surface area contributed by atoms with E-state index in [0.717, 1.165) is 0 Å². The number of benzene rings is 1. The summed E-state index contributed by atoms with van der Waals surface area (Å²) in [5, 5.41) is 11.8. The molecule has 6 nitrogen and oxygen atoms in total. The van der Waals surface area contributed by atoms with Gasteiger partial charge in [-0.1, -0.05) is 18.7 Å². The van der Waals surface area contributed by atoms with Crippen molar-refractivity contribution in [3.8, 4) is 0 Å². The lowest BCUT2D eigenvalue weighted by Gasteiger charge is -2.08. The van der Waals surface area contributed by atoms with Gasteiger partial charge in [0.25, 0.3) is 5.91 Å². The number of aromatic amines is 1. The molecule has 1 aromatic carbocycles. The van der Waals surface area contributed by atoms with Crippen LogP contribution in [0.15, 0.2) is 35.3 Å². The fraction of sp³-hybridized carbons (Fsp3) is 0.133. The molecule has 2 aromatic rings. The largest absolute Gasteiger partial charge is 0.344 e. The lowest BCUT2D eigenvalue weighted by molar-refractivity contribution is -0.116. The summed E-state index contributed by atoms with van der Waals surface area (Å²) in [6, 6.07) is 6.16. The number of carbonyl (C=O) groups is 2. The average Bonchev–Trinajstić information content (AvgIpc) is 2.86. The molecule has 1 aromatic heterocycles. The van der Waals surface area contributed by atoms with Gasteiger partial charge in [0.2, 0.25) is 0 Å². The highest BCUT2D eigenvalue weighted by Crippen LogP contribution is 2.27. The first-order valence-electron chi connectivity index (χ1n) is 6.62. The Labute approximate surface area is 140 Å². The van der Waals surface area contributed by atoms with Crippen molar-refractivity contribution >= 4 is 39.1 Å². The summed E-state index contributed by atoms with van der Waals surface area (Å²) < 4.78 is 14.1. The van der Waals surface area contributed by atoms with Crippen LogP contribution in [0.1, 0.15) is 23.0 Å². The molecule has 8 heteroatoms. The minimum Gasteiger partial charge on any atom is -0.344 e. The SMILES string of the molecule is C=C(Nc1n[nH]c(C(=O)NCC(C)=O)c1Br)c1ccccc1F. The number of Topliss-reactive ketones (excluding diaryl/α,β-unsaturated/α-hetero) is 1. The number of nitrogens with one attached hydrogen (secondary N) is 3. The molecule has 2 rings (SSSR count). The molecule has 0 fully saturated rings. The van der Waals surface area contributed by atoms with E-state index in [1.165, 1.54) is 13.0 Å². The van der Waals surface area contributed by atoms with Crippen molar-refractivity contribution in [3.05, 3.63) is 52.4 Å². The van der Waals surface area contributed by atoms with Gasteiger partial charge in [0.15, 0.2) is 5.82 Å². The summed E-state index contributed by atoms with van der Waals surface area (Å²) in [7, 11) is 0. The zero-order valence-corrected chi connectivity index (χ0v) is 13.8. The fourth-order valence-electron chi connectivity index (χ4n) is 1.77. The third-order valence-corrected chi connectivity index (χ3v) is 3.67. The summed E-state index contributed by atoms with van der Waals surface area (Å²) in [6.45, 7) is 5.06. The van der Waals surface area contributed by atoms with E-state index >= 15 is 0 Å². The van der Waals surface area contributed by atoms with Crippen molar-refractivity contribution in [2.24, 2.45) is 0 Å². The third kappa shape index (κ3) is 4.04. The van der Waals surface area contributed by atoms with Crippen molar-refractivity contribution in [1.29, 1.82) is 0 Å². The van der Waals surface area contributed by atoms with Crippen LogP contribution >= 0.6 is 15.9 Å². The maximum absolute atomic E-state index is 13.7. The van der Waals surface area contributed by atoms with Crippen LogP contribution in [-0.2, 0) is 4.79 Å². The number of ketones is 1. The van der Waals surface area contributed by atoms with Gasteiger partial charge >= 0.3 is 0 Å². The molecule has 0 atom stereocenters. The average molecular weight is 381 g/mol. The minimum atomic E-state index is -0.482. The molecule has 3 N–H and O–H groups in total. The Morgan fingerprint density at radius 1 is 1.39 bits per heavy atom. The first kappa shape index (κ1) is 16.9. The van der Waals surface area contributed by atoms with E-state index in [2.05, 4.69) is 43.3 Å². The summed E-state index contributed by atoms with van der Waals surface area (Å²) in [6.07, 6.45) is 0. The van der Waals surface area contributed by atoms with Crippen LogP contribution < -0.4 is 10.6 Å². The molecule has 23 heavy (non-hydrogen) atoms. The zero-order chi connectivity index (χ0) is 17.0.